The zero-order valence-electron chi connectivity index (χ0n) is 20.8. The second kappa shape index (κ2) is 12.8. The molecule has 0 saturated heterocycles. The molecular weight excluding hydrogens is 512 g/mol. The van der Waals surface area contributed by atoms with E-state index in [1.807, 2.05) is 0 Å². The van der Waals surface area contributed by atoms with Gasteiger partial charge in [-0.05, 0) is 36.8 Å². The predicted molar refractivity (Wildman–Crippen MR) is 143 cm³/mol. The van der Waals surface area contributed by atoms with Crippen molar-refractivity contribution in [1.29, 1.82) is 0 Å². The van der Waals surface area contributed by atoms with E-state index in [1.54, 1.807) is 61.5 Å². The Hall–Kier alpha value is -4.33. The highest BCUT2D eigenvalue weighted by Crippen LogP contribution is 2.26. The lowest BCUT2D eigenvalue weighted by Gasteiger charge is -2.31. The molecule has 3 rings (SSSR count). The first-order valence-electron chi connectivity index (χ1n) is 11.3. The number of aromatic nitrogens is 1. The Morgan fingerprint density at radius 3 is 2.47 bits per heavy atom. The van der Waals surface area contributed by atoms with E-state index in [0.29, 0.717) is 21.8 Å². The fourth-order valence-electron chi connectivity index (χ4n) is 3.45. The number of hydrogen-bond donors (Lipinski definition) is 5. The molecule has 1 unspecified atom stereocenters. The second-order valence-corrected chi connectivity index (χ2v) is 9.05. The number of thiazole rings is 1. The van der Waals surface area contributed by atoms with Gasteiger partial charge in [-0.3, -0.25) is 9.59 Å². The van der Waals surface area contributed by atoms with Crippen molar-refractivity contribution >= 4 is 45.9 Å². The number of rotatable bonds is 12. The van der Waals surface area contributed by atoms with Crippen LogP contribution in [0.15, 0.2) is 59.6 Å². The normalized spacial score (nSPS) is 12.3. The number of nitrogens with one attached hydrogen (secondary N) is 2. The number of carbonyl (C=O) groups is 3. The molecule has 200 valence electrons. The molecule has 2 aromatic carbocycles. The summed E-state index contributed by atoms with van der Waals surface area (Å²) in [5.41, 5.74) is 10.3. The lowest BCUT2D eigenvalue weighted by atomic mass is 10.0. The van der Waals surface area contributed by atoms with Gasteiger partial charge in [0.1, 0.15) is 4.88 Å². The van der Waals surface area contributed by atoms with E-state index in [4.69, 9.17) is 20.9 Å². The molecule has 38 heavy (non-hydrogen) atoms. The number of methoxy groups -OCH3 is 1. The smallest absolute Gasteiger partial charge is 0.357 e. The van der Waals surface area contributed by atoms with Gasteiger partial charge < -0.3 is 36.7 Å². The van der Waals surface area contributed by atoms with E-state index in [9.17, 15) is 19.5 Å². The molecule has 13 heteroatoms. The molecule has 1 atom stereocenters. The average Bonchev–Trinajstić information content (AvgIpc) is 3.24. The number of amides is 2. The molecule has 2 amide bonds. The SMILES string of the molecule is COCCOC(Cc1cccc(NC(=O)c2sc(N=C(N)N)nc2C)c1)(NC(=O)c1ccccc1)C(=O)O. The van der Waals surface area contributed by atoms with E-state index >= 15 is 0 Å². The third kappa shape index (κ3) is 7.35. The van der Waals surface area contributed by atoms with Gasteiger partial charge in [-0.2, -0.15) is 4.99 Å². The van der Waals surface area contributed by atoms with Gasteiger partial charge >= 0.3 is 5.97 Å². The first-order valence-corrected chi connectivity index (χ1v) is 12.2. The number of aliphatic carboxylic acids is 1. The van der Waals surface area contributed by atoms with Crippen LogP contribution in [-0.2, 0) is 20.7 Å². The Morgan fingerprint density at radius 1 is 1.08 bits per heavy atom. The van der Waals surface area contributed by atoms with E-state index in [2.05, 4.69) is 20.6 Å². The van der Waals surface area contributed by atoms with Crippen LogP contribution in [0, 0.1) is 6.92 Å². The third-order valence-electron chi connectivity index (χ3n) is 5.19. The molecule has 1 aromatic heterocycles. The molecule has 7 N–H and O–H groups in total. The molecule has 0 radical (unpaired) electrons. The maximum Gasteiger partial charge on any atom is 0.357 e. The summed E-state index contributed by atoms with van der Waals surface area (Å²) < 4.78 is 10.7. The summed E-state index contributed by atoms with van der Waals surface area (Å²) in [5.74, 6) is -2.62. The molecule has 0 aliphatic rings. The molecule has 0 aliphatic heterocycles. The fourth-order valence-corrected chi connectivity index (χ4v) is 4.31. The standard InChI is InChI=1S/C25H28N6O6S/c1-15-19(38-24(28-15)30-23(26)27)21(33)29-18-10-6-7-16(13-18)14-25(22(34)35,37-12-11-36-2)31-20(32)17-8-4-3-5-9-17/h3-10,13H,11-12,14H2,1-2H3,(H,29,33)(H,31,32)(H,34,35)(H4,26,27,28,30). The lowest BCUT2D eigenvalue weighted by Crippen LogP contribution is -2.58. The van der Waals surface area contributed by atoms with Crippen LogP contribution in [0.4, 0.5) is 10.8 Å². The van der Waals surface area contributed by atoms with Crippen LogP contribution in [0.25, 0.3) is 0 Å². The molecule has 0 bridgehead atoms. The summed E-state index contributed by atoms with van der Waals surface area (Å²) in [6, 6.07) is 14.8. The summed E-state index contributed by atoms with van der Waals surface area (Å²) in [5, 5.41) is 15.7. The van der Waals surface area contributed by atoms with Crippen LogP contribution in [0.5, 0.6) is 0 Å². The first kappa shape index (κ1) is 28.2. The van der Waals surface area contributed by atoms with E-state index in [0.717, 1.165) is 11.3 Å². The van der Waals surface area contributed by atoms with Crippen LogP contribution in [0.3, 0.4) is 0 Å². The van der Waals surface area contributed by atoms with Crippen LogP contribution < -0.4 is 22.1 Å². The Labute approximate surface area is 222 Å². The Balaban J connectivity index is 1.85. The summed E-state index contributed by atoms with van der Waals surface area (Å²) in [7, 11) is 1.45. The number of carboxylic acid groups (broad SMARTS) is 1. The first-order chi connectivity index (χ1) is 18.1. The number of benzene rings is 2. The highest BCUT2D eigenvalue weighted by molar-refractivity contribution is 7.17. The van der Waals surface area contributed by atoms with E-state index in [1.165, 1.54) is 7.11 Å². The molecule has 12 nitrogen and oxygen atoms in total. The Morgan fingerprint density at radius 2 is 1.82 bits per heavy atom. The quantitative estimate of drug-likeness (QED) is 0.0989. The van der Waals surface area contributed by atoms with E-state index < -0.39 is 23.5 Å². The largest absolute Gasteiger partial charge is 0.478 e. The van der Waals surface area contributed by atoms with Crippen molar-refractivity contribution in [3.63, 3.8) is 0 Å². The van der Waals surface area contributed by atoms with Crippen molar-refractivity contribution < 1.29 is 29.0 Å². The van der Waals surface area contributed by atoms with Gasteiger partial charge in [0.05, 0.1) is 18.9 Å². The average molecular weight is 541 g/mol. The third-order valence-corrected chi connectivity index (χ3v) is 6.24. The molecule has 0 fully saturated rings. The van der Waals surface area contributed by atoms with Crippen LogP contribution >= 0.6 is 11.3 Å². The van der Waals surface area contributed by atoms with Crippen LogP contribution in [0.2, 0.25) is 0 Å². The van der Waals surface area contributed by atoms with Gasteiger partial charge in [-0.1, -0.05) is 41.7 Å². The van der Waals surface area contributed by atoms with Gasteiger partial charge in [0.2, 0.25) is 10.9 Å². The number of nitrogens with zero attached hydrogens (tertiary/aromatic N) is 2. The number of aliphatic imine (C=N–C) groups is 1. The Kier molecular flexibility index (Phi) is 9.49. The zero-order valence-corrected chi connectivity index (χ0v) is 21.6. The number of nitrogens with two attached hydrogens (primary N) is 2. The number of anilines is 1. The minimum Gasteiger partial charge on any atom is -0.478 e. The maximum atomic E-state index is 12.9. The topological polar surface area (TPSA) is 191 Å². The highest BCUT2D eigenvalue weighted by Gasteiger charge is 2.42. The number of hydrogen-bond acceptors (Lipinski definition) is 8. The van der Waals surface area contributed by atoms with Gasteiger partial charge in [0.15, 0.2) is 5.96 Å². The molecule has 0 spiro atoms. The summed E-state index contributed by atoms with van der Waals surface area (Å²) >= 11 is 1.02. The zero-order chi connectivity index (χ0) is 27.7. The lowest BCUT2D eigenvalue weighted by molar-refractivity contribution is -0.171. The number of aryl methyl sites for hydroxylation is 1. The molecular formula is C25H28N6O6S. The summed E-state index contributed by atoms with van der Waals surface area (Å²) in [6.45, 7) is 1.68. The van der Waals surface area contributed by atoms with Crippen molar-refractivity contribution in [2.75, 3.05) is 25.6 Å². The molecule has 0 aliphatic carbocycles. The number of carboxylic acids is 1. The number of carbonyl (C=O) groups excluding carboxylic acids is 2. The van der Waals surface area contributed by atoms with Crippen molar-refractivity contribution in [1.82, 2.24) is 10.3 Å². The van der Waals surface area contributed by atoms with Gasteiger partial charge in [0, 0.05) is 24.8 Å². The minimum absolute atomic E-state index is 0.0862. The molecule has 3 aromatic rings. The van der Waals surface area contributed by atoms with Crippen molar-refractivity contribution in [2.24, 2.45) is 16.5 Å². The van der Waals surface area contributed by atoms with Gasteiger partial charge in [-0.15, -0.1) is 0 Å². The minimum atomic E-state index is -2.10. The monoisotopic (exact) mass is 540 g/mol. The van der Waals surface area contributed by atoms with Crippen molar-refractivity contribution in [3.8, 4) is 0 Å². The van der Waals surface area contributed by atoms with Crippen molar-refractivity contribution in [2.45, 2.75) is 19.1 Å². The summed E-state index contributed by atoms with van der Waals surface area (Å²) in [4.78, 5) is 46.6. The Bertz CT molecular complexity index is 1320. The van der Waals surface area contributed by atoms with Crippen LogP contribution in [0.1, 0.15) is 31.3 Å². The molecule has 0 saturated carbocycles. The van der Waals surface area contributed by atoms with Crippen LogP contribution in [-0.4, -0.2) is 59.9 Å². The van der Waals surface area contributed by atoms with Gasteiger partial charge in [-0.25, -0.2) is 9.78 Å². The second-order valence-electron chi connectivity index (χ2n) is 8.07. The molecule has 1 heterocycles. The predicted octanol–water partition coefficient (Wildman–Crippen LogP) is 2.03. The van der Waals surface area contributed by atoms with E-state index in [-0.39, 0.29) is 36.3 Å². The van der Waals surface area contributed by atoms with Gasteiger partial charge in [0.25, 0.3) is 11.8 Å². The van der Waals surface area contributed by atoms with Crippen molar-refractivity contribution in [3.05, 3.63) is 76.3 Å². The maximum absolute atomic E-state index is 12.9. The highest BCUT2D eigenvalue weighted by atomic mass is 32.1. The number of guanidine groups is 1. The number of ether oxygens (including phenoxy) is 2. The summed E-state index contributed by atoms with van der Waals surface area (Å²) in [6.07, 6.45) is -0.234. The fraction of sp³-hybridized carbons (Fsp3) is 0.240.